The van der Waals surface area contributed by atoms with Crippen molar-refractivity contribution in [1.82, 2.24) is 0 Å². The Labute approximate surface area is 115 Å². The van der Waals surface area contributed by atoms with E-state index in [1.165, 1.54) is 12.1 Å². The third-order valence-corrected chi connectivity index (χ3v) is 2.80. The summed E-state index contributed by atoms with van der Waals surface area (Å²) in [6.07, 6.45) is 0. The number of aliphatic hydroxyl groups is 1. The number of aliphatic hydroxyl groups excluding tert-OH is 1. The normalized spacial score (nSPS) is 10.2. The van der Waals surface area contributed by atoms with Crippen LogP contribution in [0.5, 0.6) is 5.75 Å². The molecule has 0 aromatic heterocycles. The fourth-order valence-corrected chi connectivity index (χ4v) is 1.69. The first-order valence-corrected chi connectivity index (χ1v) is 5.95. The molecule has 3 N–H and O–H groups in total. The second-order valence-electron chi connectivity index (χ2n) is 4.24. The van der Waals surface area contributed by atoms with E-state index in [-0.39, 0.29) is 24.6 Å². The van der Waals surface area contributed by atoms with Crippen LogP contribution in [0.4, 0.5) is 11.4 Å². The number of nitrogen functional groups attached to an aromatic ring is 1. The second-order valence-corrected chi connectivity index (χ2v) is 4.24. The van der Waals surface area contributed by atoms with Crippen LogP contribution in [-0.2, 0) is 13.2 Å². The molecule has 2 rings (SSSR count). The van der Waals surface area contributed by atoms with E-state index in [1.54, 1.807) is 30.3 Å². The SMILES string of the molecule is Nc1ccc(COc2ccc(CO)cc2)cc1[N+](=O)[O-]. The first-order chi connectivity index (χ1) is 9.60. The maximum absolute atomic E-state index is 10.8. The smallest absolute Gasteiger partial charge is 0.292 e. The maximum atomic E-state index is 10.8. The highest BCUT2D eigenvalue weighted by Crippen LogP contribution is 2.23. The van der Waals surface area contributed by atoms with Crippen molar-refractivity contribution in [1.29, 1.82) is 0 Å². The summed E-state index contributed by atoms with van der Waals surface area (Å²) in [4.78, 5) is 10.3. The number of nitrogens with two attached hydrogens (primary N) is 1. The number of hydrogen-bond acceptors (Lipinski definition) is 5. The van der Waals surface area contributed by atoms with E-state index in [4.69, 9.17) is 15.6 Å². The molecule has 0 aliphatic heterocycles. The Morgan fingerprint density at radius 2 is 1.80 bits per heavy atom. The Bertz CT molecular complexity index is 611. The summed E-state index contributed by atoms with van der Waals surface area (Å²) in [6, 6.07) is 11.5. The molecule has 2 aromatic carbocycles. The van der Waals surface area contributed by atoms with E-state index < -0.39 is 4.92 Å². The van der Waals surface area contributed by atoms with Gasteiger partial charge in [0.05, 0.1) is 11.5 Å². The van der Waals surface area contributed by atoms with E-state index >= 15 is 0 Å². The van der Waals surface area contributed by atoms with Gasteiger partial charge in [0.2, 0.25) is 0 Å². The van der Waals surface area contributed by atoms with Gasteiger partial charge >= 0.3 is 0 Å². The summed E-state index contributed by atoms with van der Waals surface area (Å²) in [6.45, 7) is 0.185. The molecule has 0 aliphatic carbocycles. The average molecular weight is 274 g/mol. The molecule has 0 heterocycles. The summed E-state index contributed by atoms with van der Waals surface area (Å²) in [5.74, 6) is 0.627. The Hall–Kier alpha value is -2.60. The first-order valence-electron chi connectivity index (χ1n) is 5.95. The highest BCUT2D eigenvalue weighted by Gasteiger charge is 2.11. The molecule has 20 heavy (non-hydrogen) atoms. The Morgan fingerprint density at radius 1 is 1.15 bits per heavy atom. The van der Waals surface area contributed by atoms with Gasteiger partial charge in [0.25, 0.3) is 5.69 Å². The molecule has 2 aromatic rings. The minimum atomic E-state index is -0.519. The third-order valence-electron chi connectivity index (χ3n) is 2.80. The lowest BCUT2D eigenvalue weighted by Gasteiger charge is -2.07. The van der Waals surface area contributed by atoms with Crippen LogP contribution >= 0.6 is 0 Å². The number of nitro groups is 1. The van der Waals surface area contributed by atoms with Crippen LogP contribution in [0.25, 0.3) is 0 Å². The minimum Gasteiger partial charge on any atom is -0.489 e. The van der Waals surface area contributed by atoms with E-state index in [0.717, 1.165) is 5.56 Å². The molecule has 0 aliphatic rings. The summed E-state index contributed by atoms with van der Waals surface area (Å²) in [5.41, 5.74) is 6.99. The molecule has 6 nitrogen and oxygen atoms in total. The van der Waals surface area contributed by atoms with Gasteiger partial charge < -0.3 is 15.6 Å². The largest absolute Gasteiger partial charge is 0.489 e. The Balaban J connectivity index is 2.06. The highest BCUT2D eigenvalue weighted by atomic mass is 16.6. The van der Waals surface area contributed by atoms with Gasteiger partial charge in [0, 0.05) is 6.07 Å². The molecule has 0 saturated heterocycles. The summed E-state index contributed by atoms with van der Waals surface area (Å²) in [7, 11) is 0. The molecular formula is C14H14N2O4. The summed E-state index contributed by atoms with van der Waals surface area (Å²) in [5, 5.41) is 19.7. The monoisotopic (exact) mass is 274 g/mol. The fourth-order valence-electron chi connectivity index (χ4n) is 1.69. The minimum absolute atomic E-state index is 0.0234. The Kier molecular flexibility index (Phi) is 4.17. The van der Waals surface area contributed by atoms with Crippen LogP contribution in [0.2, 0.25) is 0 Å². The summed E-state index contributed by atoms with van der Waals surface area (Å²) >= 11 is 0. The predicted molar refractivity (Wildman–Crippen MR) is 74.2 cm³/mol. The van der Waals surface area contributed by atoms with Crippen molar-refractivity contribution in [3.05, 3.63) is 63.7 Å². The van der Waals surface area contributed by atoms with Gasteiger partial charge in [0.1, 0.15) is 18.0 Å². The zero-order valence-corrected chi connectivity index (χ0v) is 10.7. The first kappa shape index (κ1) is 13.8. The number of nitrogens with zero attached hydrogens (tertiary/aromatic N) is 1. The van der Waals surface area contributed by atoms with Crippen molar-refractivity contribution in [3.63, 3.8) is 0 Å². The lowest BCUT2D eigenvalue weighted by Crippen LogP contribution is -2.00. The molecule has 0 radical (unpaired) electrons. The molecule has 0 spiro atoms. The standard InChI is InChI=1S/C14H14N2O4/c15-13-6-3-11(7-14(13)16(18)19)9-20-12-4-1-10(8-17)2-5-12/h1-7,17H,8-9,15H2. The van der Waals surface area contributed by atoms with E-state index in [1.807, 2.05) is 0 Å². The van der Waals surface area contributed by atoms with Gasteiger partial charge in [-0.2, -0.15) is 0 Å². The van der Waals surface area contributed by atoms with Crippen molar-refractivity contribution in [2.75, 3.05) is 5.73 Å². The fraction of sp³-hybridized carbons (Fsp3) is 0.143. The maximum Gasteiger partial charge on any atom is 0.292 e. The molecule has 0 bridgehead atoms. The van der Waals surface area contributed by atoms with Crippen molar-refractivity contribution in [2.24, 2.45) is 0 Å². The van der Waals surface area contributed by atoms with Gasteiger partial charge in [-0.1, -0.05) is 18.2 Å². The van der Waals surface area contributed by atoms with Crippen molar-refractivity contribution in [2.45, 2.75) is 13.2 Å². The lowest BCUT2D eigenvalue weighted by molar-refractivity contribution is -0.384. The zero-order chi connectivity index (χ0) is 14.5. The molecule has 104 valence electrons. The van der Waals surface area contributed by atoms with E-state index in [2.05, 4.69) is 0 Å². The number of benzene rings is 2. The molecule has 0 unspecified atom stereocenters. The molecule has 0 saturated carbocycles. The molecule has 6 heteroatoms. The van der Waals surface area contributed by atoms with Crippen LogP contribution < -0.4 is 10.5 Å². The third kappa shape index (κ3) is 3.24. The number of ether oxygens (including phenoxy) is 1. The second kappa shape index (κ2) is 6.03. The van der Waals surface area contributed by atoms with Gasteiger partial charge in [-0.3, -0.25) is 10.1 Å². The topological polar surface area (TPSA) is 98.6 Å². The molecule has 0 atom stereocenters. The van der Waals surface area contributed by atoms with Gasteiger partial charge in [-0.05, 0) is 29.3 Å². The van der Waals surface area contributed by atoms with Crippen molar-refractivity contribution < 1.29 is 14.8 Å². The molecule has 0 fully saturated rings. The van der Waals surface area contributed by atoms with Gasteiger partial charge in [-0.25, -0.2) is 0 Å². The molecule has 0 amide bonds. The lowest BCUT2D eigenvalue weighted by atomic mass is 10.2. The predicted octanol–water partition coefficient (Wildman–Crippen LogP) is 2.25. The summed E-state index contributed by atoms with van der Waals surface area (Å²) < 4.78 is 5.52. The van der Waals surface area contributed by atoms with Crippen LogP contribution in [0.1, 0.15) is 11.1 Å². The number of hydrogen-bond donors (Lipinski definition) is 2. The zero-order valence-electron chi connectivity index (χ0n) is 10.7. The number of rotatable bonds is 5. The Morgan fingerprint density at radius 3 is 2.40 bits per heavy atom. The highest BCUT2D eigenvalue weighted by molar-refractivity contribution is 5.59. The number of anilines is 1. The van der Waals surface area contributed by atoms with Crippen LogP contribution in [0.15, 0.2) is 42.5 Å². The van der Waals surface area contributed by atoms with Gasteiger partial charge in [0.15, 0.2) is 0 Å². The van der Waals surface area contributed by atoms with Crippen LogP contribution in [-0.4, -0.2) is 10.0 Å². The van der Waals surface area contributed by atoms with Crippen LogP contribution in [0.3, 0.4) is 0 Å². The van der Waals surface area contributed by atoms with E-state index in [0.29, 0.717) is 11.3 Å². The average Bonchev–Trinajstić information content (AvgIpc) is 2.46. The number of nitro benzene ring substituents is 1. The molecular weight excluding hydrogens is 260 g/mol. The van der Waals surface area contributed by atoms with Crippen LogP contribution in [0, 0.1) is 10.1 Å². The van der Waals surface area contributed by atoms with Crippen molar-refractivity contribution in [3.8, 4) is 5.75 Å². The van der Waals surface area contributed by atoms with Crippen molar-refractivity contribution >= 4 is 11.4 Å². The quantitative estimate of drug-likeness (QED) is 0.495. The van der Waals surface area contributed by atoms with Gasteiger partial charge in [-0.15, -0.1) is 0 Å². The van der Waals surface area contributed by atoms with E-state index in [9.17, 15) is 10.1 Å².